The highest BCUT2D eigenvalue weighted by Gasteiger charge is 2.11. The van der Waals surface area contributed by atoms with E-state index in [0.717, 1.165) is 6.26 Å². The maximum Gasteiger partial charge on any atom is 0.303 e. The molecular formula is C9H17NO5S. The second-order valence-corrected chi connectivity index (χ2v) is 6.04. The molecule has 1 unspecified atom stereocenters. The van der Waals surface area contributed by atoms with Gasteiger partial charge in [-0.25, -0.2) is 8.42 Å². The Bertz CT molecular complexity index is 349. The van der Waals surface area contributed by atoms with Gasteiger partial charge in [-0.1, -0.05) is 0 Å². The number of carboxylic acid groups (broad SMARTS) is 1. The van der Waals surface area contributed by atoms with Crippen molar-refractivity contribution in [1.29, 1.82) is 0 Å². The summed E-state index contributed by atoms with van der Waals surface area (Å²) >= 11 is 0. The molecule has 2 N–H and O–H groups in total. The highest BCUT2D eigenvalue weighted by atomic mass is 32.2. The van der Waals surface area contributed by atoms with E-state index < -0.39 is 15.8 Å². The molecule has 1 amide bonds. The Balaban J connectivity index is 3.83. The molecule has 0 aromatic heterocycles. The predicted octanol–water partition coefficient (Wildman–Crippen LogP) is -0.209. The van der Waals surface area contributed by atoms with E-state index in [2.05, 4.69) is 5.32 Å². The third kappa shape index (κ3) is 9.45. The molecule has 16 heavy (non-hydrogen) atoms. The van der Waals surface area contributed by atoms with Gasteiger partial charge in [0.2, 0.25) is 5.91 Å². The minimum atomic E-state index is -3.14. The molecule has 0 aromatic carbocycles. The zero-order chi connectivity index (χ0) is 12.8. The van der Waals surface area contributed by atoms with Crippen molar-refractivity contribution in [2.45, 2.75) is 32.2 Å². The molecule has 0 aliphatic heterocycles. The Morgan fingerprint density at radius 1 is 1.31 bits per heavy atom. The Morgan fingerprint density at radius 3 is 2.31 bits per heavy atom. The summed E-state index contributed by atoms with van der Waals surface area (Å²) in [7, 11) is -3.14. The van der Waals surface area contributed by atoms with E-state index in [1.54, 1.807) is 6.92 Å². The molecule has 0 aliphatic rings. The number of hydrogen-bond donors (Lipinski definition) is 2. The Kier molecular flexibility index (Phi) is 6.02. The van der Waals surface area contributed by atoms with E-state index >= 15 is 0 Å². The van der Waals surface area contributed by atoms with Crippen LogP contribution in [0.25, 0.3) is 0 Å². The van der Waals surface area contributed by atoms with Crippen LogP contribution >= 0.6 is 0 Å². The van der Waals surface area contributed by atoms with Crippen LogP contribution < -0.4 is 5.32 Å². The predicted molar refractivity (Wildman–Crippen MR) is 58.8 cm³/mol. The molecule has 7 heteroatoms. The van der Waals surface area contributed by atoms with Crippen LogP contribution in [-0.4, -0.2) is 43.5 Å². The second-order valence-electron chi connectivity index (χ2n) is 3.78. The van der Waals surface area contributed by atoms with Gasteiger partial charge in [-0.3, -0.25) is 9.59 Å². The van der Waals surface area contributed by atoms with E-state index in [9.17, 15) is 18.0 Å². The van der Waals surface area contributed by atoms with Crippen LogP contribution in [0.4, 0.5) is 0 Å². The van der Waals surface area contributed by atoms with Gasteiger partial charge in [-0.15, -0.1) is 0 Å². The third-order valence-corrected chi connectivity index (χ3v) is 2.84. The van der Waals surface area contributed by atoms with Crippen LogP contribution in [0.3, 0.4) is 0 Å². The van der Waals surface area contributed by atoms with Gasteiger partial charge in [0, 0.05) is 25.1 Å². The van der Waals surface area contributed by atoms with E-state index in [-0.39, 0.29) is 30.5 Å². The van der Waals surface area contributed by atoms with Gasteiger partial charge in [0.25, 0.3) is 0 Å². The van der Waals surface area contributed by atoms with Crippen molar-refractivity contribution in [2.24, 2.45) is 0 Å². The van der Waals surface area contributed by atoms with Crippen molar-refractivity contribution < 1.29 is 23.1 Å². The molecule has 0 fully saturated rings. The Morgan fingerprint density at radius 2 is 1.88 bits per heavy atom. The lowest BCUT2D eigenvalue weighted by Gasteiger charge is -2.12. The van der Waals surface area contributed by atoms with Crippen LogP contribution in [0.2, 0.25) is 0 Å². The highest BCUT2D eigenvalue weighted by molar-refractivity contribution is 7.90. The number of nitrogens with one attached hydrogen (secondary N) is 1. The molecule has 0 radical (unpaired) electrons. The average Bonchev–Trinajstić information content (AvgIpc) is 2.10. The number of carbonyl (C=O) groups excluding carboxylic acids is 1. The summed E-state index contributed by atoms with van der Waals surface area (Å²) in [5, 5.41) is 11.0. The maximum absolute atomic E-state index is 11.2. The summed E-state index contributed by atoms with van der Waals surface area (Å²) in [6.07, 6.45) is 1.29. The van der Waals surface area contributed by atoms with Crippen molar-refractivity contribution >= 4 is 21.7 Å². The van der Waals surface area contributed by atoms with E-state index in [0.29, 0.717) is 6.42 Å². The Labute approximate surface area is 95.0 Å². The van der Waals surface area contributed by atoms with Crippen molar-refractivity contribution in [2.75, 3.05) is 12.0 Å². The van der Waals surface area contributed by atoms with Crippen LogP contribution in [0.1, 0.15) is 26.2 Å². The van der Waals surface area contributed by atoms with Gasteiger partial charge >= 0.3 is 5.97 Å². The van der Waals surface area contributed by atoms with Crippen LogP contribution in [-0.2, 0) is 19.4 Å². The summed E-state index contributed by atoms with van der Waals surface area (Å²) in [6.45, 7) is 1.68. The fourth-order valence-electron chi connectivity index (χ4n) is 1.04. The molecule has 0 aliphatic carbocycles. The highest BCUT2D eigenvalue weighted by Crippen LogP contribution is 1.97. The molecule has 94 valence electrons. The summed E-state index contributed by atoms with van der Waals surface area (Å²) in [6, 6.07) is -0.261. The van der Waals surface area contributed by atoms with E-state index in [1.165, 1.54) is 0 Å². The van der Waals surface area contributed by atoms with Crippen molar-refractivity contribution in [3.8, 4) is 0 Å². The molecule has 1 atom stereocenters. The number of amides is 1. The minimum Gasteiger partial charge on any atom is -0.481 e. The van der Waals surface area contributed by atoms with E-state index in [4.69, 9.17) is 5.11 Å². The Hall–Kier alpha value is -1.11. The van der Waals surface area contributed by atoms with Crippen LogP contribution in [0.5, 0.6) is 0 Å². The van der Waals surface area contributed by atoms with Gasteiger partial charge < -0.3 is 10.4 Å². The first-order valence-corrected chi connectivity index (χ1v) is 6.95. The zero-order valence-corrected chi connectivity index (χ0v) is 10.2. The second kappa shape index (κ2) is 6.47. The summed E-state index contributed by atoms with van der Waals surface area (Å²) in [5.41, 5.74) is 0. The molecule has 0 rings (SSSR count). The molecule has 0 bridgehead atoms. The number of rotatable bonds is 7. The van der Waals surface area contributed by atoms with Gasteiger partial charge in [-0.2, -0.15) is 0 Å². The fraction of sp³-hybridized carbons (Fsp3) is 0.778. The largest absolute Gasteiger partial charge is 0.481 e. The van der Waals surface area contributed by atoms with E-state index in [1.807, 2.05) is 0 Å². The average molecular weight is 251 g/mol. The van der Waals surface area contributed by atoms with Gasteiger partial charge in [-0.05, 0) is 13.3 Å². The normalized spacial score (nSPS) is 13.1. The van der Waals surface area contributed by atoms with Gasteiger partial charge in [0.05, 0.1) is 5.75 Å². The standard InChI is InChI=1S/C9H17NO5S/c1-7(3-4-9(12)13)10-8(11)5-6-16(2,14)15/h7H,3-6H2,1-2H3,(H,10,11)(H,12,13). The first kappa shape index (κ1) is 14.9. The summed E-state index contributed by atoms with van der Waals surface area (Å²) < 4.78 is 21.6. The van der Waals surface area contributed by atoms with Crippen molar-refractivity contribution in [3.05, 3.63) is 0 Å². The van der Waals surface area contributed by atoms with Gasteiger partial charge in [0.1, 0.15) is 9.84 Å². The third-order valence-electron chi connectivity index (χ3n) is 1.90. The number of carbonyl (C=O) groups is 2. The monoisotopic (exact) mass is 251 g/mol. The maximum atomic E-state index is 11.2. The smallest absolute Gasteiger partial charge is 0.303 e. The summed E-state index contributed by atoms with van der Waals surface area (Å²) in [4.78, 5) is 21.5. The fourth-order valence-corrected chi connectivity index (χ4v) is 1.59. The lowest BCUT2D eigenvalue weighted by molar-refractivity contribution is -0.137. The molecule has 0 heterocycles. The van der Waals surface area contributed by atoms with Crippen LogP contribution in [0, 0.1) is 0 Å². The molecule has 0 saturated heterocycles. The van der Waals surface area contributed by atoms with Crippen LogP contribution in [0.15, 0.2) is 0 Å². The molecular weight excluding hydrogens is 234 g/mol. The van der Waals surface area contributed by atoms with Gasteiger partial charge in [0.15, 0.2) is 0 Å². The lowest BCUT2D eigenvalue weighted by Crippen LogP contribution is -2.33. The first-order valence-electron chi connectivity index (χ1n) is 4.89. The number of hydrogen-bond acceptors (Lipinski definition) is 4. The molecule has 0 aromatic rings. The lowest BCUT2D eigenvalue weighted by atomic mass is 10.2. The molecule has 0 saturated carbocycles. The molecule has 6 nitrogen and oxygen atoms in total. The summed E-state index contributed by atoms with van der Waals surface area (Å²) in [5.74, 6) is -1.48. The number of aliphatic carboxylic acids is 1. The number of sulfone groups is 1. The topological polar surface area (TPSA) is 101 Å². The SMILES string of the molecule is CC(CCC(=O)O)NC(=O)CCS(C)(=O)=O. The number of carboxylic acids is 1. The van der Waals surface area contributed by atoms with Crippen molar-refractivity contribution in [3.63, 3.8) is 0 Å². The van der Waals surface area contributed by atoms with Crippen molar-refractivity contribution in [1.82, 2.24) is 5.32 Å². The first-order chi connectivity index (χ1) is 7.20. The quantitative estimate of drug-likeness (QED) is 0.652. The minimum absolute atomic E-state index is 0.0203. The zero-order valence-electron chi connectivity index (χ0n) is 9.39. The molecule has 0 spiro atoms.